The molecule has 0 saturated heterocycles. The Morgan fingerprint density at radius 3 is 2.20 bits per heavy atom. The van der Waals surface area contributed by atoms with Gasteiger partial charge in [-0.3, -0.25) is 14.6 Å². The van der Waals surface area contributed by atoms with Crippen molar-refractivity contribution in [2.75, 3.05) is 0 Å². The number of Topliss-reactive ketones (excluding diaryl/α,β-unsaturated/α-hetero) is 2. The van der Waals surface area contributed by atoms with Crippen molar-refractivity contribution >= 4 is 34.4 Å². The lowest BCUT2D eigenvalue weighted by Gasteiger charge is -2.32. The summed E-state index contributed by atoms with van der Waals surface area (Å²) in [5.41, 5.74) is 0.313. The molecule has 2 fully saturated rings. The molecule has 3 aliphatic rings. The highest BCUT2D eigenvalue weighted by molar-refractivity contribution is 7.84. The number of hydrogen-bond acceptors (Lipinski definition) is 4. The summed E-state index contributed by atoms with van der Waals surface area (Å²) < 4.78 is 0. The van der Waals surface area contributed by atoms with Crippen LogP contribution < -0.4 is 0 Å². The van der Waals surface area contributed by atoms with Crippen molar-refractivity contribution in [1.82, 2.24) is 0 Å². The van der Waals surface area contributed by atoms with E-state index in [-0.39, 0.29) is 34.3 Å². The third-order valence-electron chi connectivity index (χ3n) is 4.66. The molecule has 0 N–H and O–H groups in total. The van der Waals surface area contributed by atoms with Crippen LogP contribution in [0.4, 0.5) is 0 Å². The Morgan fingerprint density at radius 1 is 0.950 bits per heavy atom. The molecule has 0 bridgehead atoms. The Labute approximate surface area is 124 Å². The summed E-state index contributed by atoms with van der Waals surface area (Å²) in [6.07, 6.45) is 10.9. The average Bonchev–Trinajstić information content (AvgIpc) is 2.50. The topological polar surface area (TPSA) is 46.5 Å². The number of nitrogens with zero attached hydrogens (tertiary/aromatic N) is 1. The van der Waals surface area contributed by atoms with Crippen LogP contribution in [0.2, 0.25) is 0 Å². The predicted molar refractivity (Wildman–Crippen MR) is 82.3 cm³/mol. The number of carbonyl (C=O) groups excluding carboxylic acids is 2. The van der Waals surface area contributed by atoms with E-state index in [1.807, 2.05) is 12.2 Å². The van der Waals surface area contributed by atoms with Crippen LogP contribution in [0.1, 0.15) is 44.9 Å². The molecule has 4 heteroatoms. The molecule has 0 aromatic carbocycles. The van der Waals surface area contributed by atoms with Gasteiger partial charge in [0.05, 0.1) is 6.04 Å². The van der Waals surface area contributed by atoms with Crippen molar-refractivity contribution in [2.24, 2.45) is 16.8 Å². The van der Waals surface area contributed by atoms with Gasteiger partial charge in [0.15, 0.2) is 11.6 Å². The first-order valence-electron chi connectivity index (χ1n) is 7.54. The van der Waals surface area contributed by atoms with Crippen LogP contribution in [0, 0.1) is 11.8 Å². The molecule has 0 spiro atoms. The van der Waals surface area contributed by atoms with Gasteiger partial charge in [-0.1, -0.05) is 43.6 Å². The average molecular weight is 289 g/mol. The van der Waals surface area contributed by atoms with Gasteiger partial charge in [-0.15, -0.1) is 0 Å². The highest BCUT2D eigenvalue weighted by Crippen LogP contribution is 2.32. The summed E-state index contributed by atoms with van der Waals surface area (Å²) in [5, 5.41) is 0. The molecule has 2 unspecified atom stereocenters. The fraction of sp³-hybridized carbons (Fsp3) is 0.625. The van der Waals surface area contributed by atoms with Crippen molar-refractivity contribution in [3.8, 4) is 0 Å². The summed E-state index contributed by atoms with van der Waals surface area (Å²) >= 11 is 5.24. The van der Waals surface area contributed by atoms with E-state index in [0.29, 0.717) is 18.6 Å². The molecule has 0 aromatic heterocycles. The Morgan fingerprint density at radius 2 is 1.55 bits per heavy atom. The van der Waals surface area contributed by atoms with Crippen molar-refractivity contribution in [3.63, 3.8) is 0 Å². The van der Waals surface area contributed by atoms with E-state index in [1.165, 1.54) is 6.42 Å². The van der Waals surface area contributed by atoms with Gasteiger partial charge in [0.25, 0.3) is 0 Å². The molecule has 20 heavy (non-hydrogen) atoms. The molecule has 3 rings (SSSR count). The maximum absolute atomic E-state index is 12.6. The lowest BCUT2D eigenvalue weighted by molar-refractivity contribution is -0.126. The van der Waals surface area contributed by atoms with Gasteiger partial charge >= 0.3 is 0 Å². The van der Waals surface area contributed by atoms with Gasteiger partial charge in [0.2, 0.25) is 0 Å². The monoisotopic (exact) mass is 289 g/mol. The molecule has 3 aliphatic carbocycles. The zero-order valence-electron chi connectivity index (χ0n) is 11.5. The summed E-state index contributed by atoms with van der Waals surface area (Å²) in [7, 11) is 0. The van der Waals surface area contributed by atoms with E-state index in [2.05, 4.69) is 4.99 Å². The van der Waals surface area contributed by atoms with Crippen molar-refractivity contribution in [1.29, 1.82) is 0 Å². The van der Waals surface area contributed by atoms with Crippen LogP contribution in [0.15, 0.2) is 17.1 Å². The first-order chi connectivity index (χ1) is 9.68. The highest BCUT2D eigenvalue weighted by Gasteiger charge is 2.44. The third kappa shape index (κ3) is 2.41. The summed E-state index contributed by atoms with van der Waals surface area (Å²) in [6, 6.07) is 0.184. The van der Waals surface area contributed by atoms with E-state index in [4.69, 9.17) is 12.2 Å². The molecule has 0 aliphatic heterocycles. The second-order valence-electron chi connectivity index (χ2n) is 5.98. The van der Waals surface area contributed by atoms with Crippen molar-refractivity contribution < 1.29 is 9.59 Å². The third-order valence-corrected chi connectivity index (χ3v) is 5.06. The number of rotatable bonds is 1. The van der Waals surface area contributed by atoms with Gasteiger partial charge in [-0.2, -0.15) is 0 Å². The van der Waals surface area contributed by atoms with Crippen LogP contribution >= 0.6 is 12.2 Å². The second kappa shape index (κ2) is 5.68. The molecule has 3 nitrogen and oxygen atoms in total. The largest absolute Gasteiger partial charge is 0.293 e. The van der Waals surface area contributed by atoms with Crippen LogP contribution in [-0.2, 0) is 9.59 Å². The smallest absolute Gasteiger partial charge is 0.186 e. The first-order valence-corrected chi connectivity index (χ1v) is 7.95. The summed E-state index contributed by atoms with van der Waals surface area (Å²) in [4.78, 5) is 29.7. The zero-order valence-corrected chi connectivity index (χ0v) is 12.3. The molecule has 0 radical (unpaired) electrons. The van der Waals surface area contributed by atoms with E-state index < -0.39 is 0 Å². The summed E-state index contributed by atoms with van der Waals surface area (Å²) in [6.45, 7) is 0. The van der Waals surface area contributed by atoms with E-state index in [9.17, 15) is 9.59 Å². The number of allylic oxidation sites excluding steroid dienone is 2. The van der Waals surface area contributed by atoms with Crippen LogP contribution in [0.25, 0.3) is 0 Å². The first kappa shape index (κ1) is 13.8. The van der Waals surface area contributed by atoms with E-state index in [0.717, 1.165) is 25.7 Å². The number of thiocarbonyl (C=S) groups is 1. The van der Waals surface area contributed by atoms with E-state index >= 15 is 0 Å². The number of hydrogen-bond donors (Lipinski definition) is 0. The van der Waals surface area contributed by atoms with Crippen LogP contribution in [-0.4, -0.2) is 28.2 Å². The second-order valence-corrected chi connectivity index (χ2v) is 6.39. The standard InChI is InChI=1S/C16H19NO2S/c18-14-11-8-4-5-9-12(11)15(19)16(20)13(14)17-10-6-2-1-3-7-10/h4-5,10-12H,1-3,6-9H2. The lowest BCUT2D eigenvalue weighted by Crippen LogP contribution is -2.48. The minimum Gasteiger partial charge on any atom is -0.293 e. The number of ketones is 2. The normalized spacial score (nSPS) is 33.6. The van der Waals surface area contributed by atoms with Gasteiger partial charge in [0.1, 0.15) is 10.6 Å². The molecule has 2 atom stereocenters. The maximum Gasteiger partial charge on any atom is 0.186 e. The molecule has 0 heterocycles. The molecule has 2 saturated carbocycles. The Bertz CT molecular complexity index is 515. The van der Waals surface area contributed by atoms with Crippen molar-refractivity contribution in [2.45, 2.75) is 51.0 Å². The fourth-order valence-electron chi connectivity index (χ4n) is 3.48. The minimum atomic E-state index is -0.231. The molecular formula is C16H19NO2S. The van der Waals surface area contributed by atoms with Crippen LogP contribution in [0.3, 0.4) is 0 Å². The number of carbonyl (C=O) groups is 2. The molecule has 0 amide bonds. The Balaban J connectivity index is 1.88. The predicted octanol–water partition coefficient (Wildman–Crippen LogP) is 2.86. The number of fused-ring (bicyclic) bond motifs is 1. The molecular weight excluding hydrogens is 270 g/mol. The Hall–Kier alpha value is -1.16. The van der Waals surface area contributed by atoms with Crippen molar-refractivity contribution in [3.05, 3.63) is 12.2 Å². The Kier molecular flexibility index (Phi) is 3.92. The van der Waals surface area contributed by atoms with Gasteiger partial charge in [-0.25, -0.2) is 0 Å². The SMILES string of the molecule is O=C1C(=S)C(=NC2CCCCC2)C(=O)C2CC=CCC12. The summed E-state index contributed by atoms with van der Waals surface area (Å²) in [5.74, 6) is -0.482. The fourth-order valence-corrected chi connectivity index (χ4v) is 3.79. The minimum absolute atomic E-state index is 0.00882. The van der Waals surface area contributed by atoms with E-state index in [1.54, 1.807) is 0 Å². The molecule has 0 aromatic rings. The van der Waals surface area contributed by atoms with Gasteiger partial charge in [-0.05, 0) is 25.7 Å². The maximum atomic E-state index is 12.6. The molecule has 106 valence electrons. The zero-order chi connectivity index (χ0) is 14.1. The number of aliphatic imine (C=N–C) groups is 1. The highest BCUT2D eigenvalue weighted by atomic mass is 32.1. The van der Waals surface area contributed by atoms with Crippen LogP contribution in [0.5, 0.6) is 0 Å². The quantitative estimate of drug-likeness (QED) is 0.551. The lowest BCUT2D eigenvalue weighted by atomic mass is 9.71. The van der Waals surface area contributed by atoms with Gasteiger partial charge < -0.3 is 0 Å². The van der Waals surface area contributed by atoms with Gasteiger partial charge in [0, 0.05) is 11.8 Å².